The zero-order valence-electron chi connectivity index (χ0n) is 16.8. The Kier molecular flexibility index (Phi) is 5.08. The van der Waals surface area contributed by atoms with Crippen molar-refractivity contribution in [2.24, 2.45) is 5.92 Å². The Morgan fingerprint density at radius 1 is 1.00 bits per heavy atom. The summed E-state index contributed by atoms with van der Waals surface area (Å²) in [6, 6.07) is 20.8. The fourth-order valence-corrected chi connectivity index (χ4v) is 5.08. The van der Waals surface area contributed by atoms with Crippen LogP contribution in [-0.4, -0.2) is 27.6 Å². The first kappa shape index (κ1) is 19.6. The number of thiophene rings is 1. The number of carboxylic acids is 1. The lowest BCUT2D eigenvalue weighted by Gasteiger charge is -2.32. The second-order valence-corrected chi connectivity index (χ2v) is 8.96. The largest absolute Gasteiger partial charge is 0.481 e. The molecule has 0 atom stereocenters. The molecule has 6 heteroatoms. The van der Waals surface area contributed by atoms with Crippen molar-refractivity contribution in [1.29, 1.82) is 0 Å². The predicted molar refractivity (Wildman–Crippen MR) is 122 cm³/mol. The fraction of sp³-hybridized carbons (Fsp3) is 0.200. The number of aliphatic carboxylic acids is 1. The maximum Gasteiger partial charge on any atom is 0.306 e. The average Bonchev–Trinajstić information content (AvgIpc) is 3.34. The number of carboxylic acid groups (broad SMARTS) is 1. The second-order valence-electron chi connectivity index (χ2n) is 8.05. The van der Waals surface area contributed by atoms with E-state index in [0.717, 1.165) is 15.8 Å². The third-order valence-electron chi connectivity index (χ3n) is 5.97. The summed E-state index contributed by atoms with van der Waals surface area (Å²) in [5, 5.41) is 13.9. The average molecular weight is 431 g/mol. The molecule has 1 saturated carbocycles. The summed E-state index contributed by atoms with van der Waals surface area (Å²) in [6.45, 7) is 0.681. The molecule has 2 heterocycles. The van der Waals surface area contributed by atoms with Gasteiger partial charge < -0.3 is 15.0 Å². The molecule has 31 heavy (non-hydrogen) atoms. The van der Waals surface area contributed by atoms with Gasteiger partial charge in [-0.15, -0.1) is 11.3 Å². The molecule has 1 amide bonds. The summed E-state index contributed by atoms with van der Waals surface area (Å²) in [5.41, 5.74) is 5.12. The van der Waals surface area contributed by atoms with E-state index in [4.69, 9.17) is 5.11 Å². The van der Waals surface area contributed by atoms with Gasteiger partial charge in [0.2, 0.25) is 0 Å². The number of nitrogens with one attached hydrogen (secondary N) is 1. The molecule has 2 N–H and O–H groups in total. The maximum atomic E-state index is 12.8. The Labute approximate surface area is 184 Å². The van der Waals surface area contributed by atoms with E-state index in [9.17, 15) is 9.59 Å². The van der Waals surface area contributed by atoms with Gasteiger partial charge in [-0.05, 0) is 35.6 Å². The molecule has 0 aliphatic heterocycles. The molecular formula is C25H22N2O3S. The standard InChI is InChI=1S/C25H22N2O3S/c28-24(26-20-12-19(13-20)25(29)30)21-15-31-22-10-11-27(23(21)22)14-16-6-8-18(9-7-16)17-4-2-1-3-5-17/h1-11,15,19-20H,12-14H2,(H,26,28)(H,29,30)/t19-,20+. The normalized spacial score (nSPS) is 17.9. The van der Waals surface area contributed by atoms with Gasteiger partial charge in [0.05, 0.1) is 21.7 Å². The lowest BCUT2D eigenvalue weighted by Crippen LogP contribution is -2.46. The van der Waals surface area contributed by atoms with Crippen LogP contribution in [0.4, 0.5) is 0 Å². The summed E-state index contributed by atoms with van der Waals surface area (Å²) in [4.78, 5) is 23.8. The summed E-state index contributed by atoms with van der Waals surface area (Å²) in [6.07, 6.45) is 3.03. The highest BCUT2D eigenvalue weighted by Crippen LogP contribution is 2.31. The smallest absolute Gasteiger partial charge is 0.306 e. The van der Waals surface area contributed by atoms with Gasteiger partial charge in [0.15, 0.2) is 0 Å². The number of nitrogens with zero attached hydrogens (tertiary/aromatic N) is 1. The van der Waals surface area contributed by atoms with Crippen molar-refractivity contribution in [3.8, 4) is 11.1 Å². The van der Waals surface area contributed by atoms with Crippen molar-refractivity contribution in [1.82, 2.24) is 9.88 Å². The molecule has 0 radical (unpaired) electrons. The second kappa shape index (κ2) is 8.04. The van der Waals surface area contributed by atoms with E-state index in [1.165, 1.54) is 11.1 Å². The van der Waals surface area contributed by atoms with Gasteiger partial charge in [-0.2, -0.15) is 0 Å². The van der Waals surface area contributed by atoms with Crippen LogP contribution in [0.3, 0.4) is 0 Å². The van der Waals surface area contributed by atoms with Gasteiger partial charge in [-0.25, -0.2) is 0 Å². The topological polar surface area (TPSA) is 71.3 Å². The number of hydrogen-bond acceptors (Lipinski definition) is 3. The Bertz CT molecular complexity index is 1240. The van der Waals surface area contributed by atoms with Gasteiger partial charge in [-0.3, -0.25) is 9.59 Å². The van der Waals surface area contributed by atoms with E-state index < -0.39 is 5.97 Å². The number of fused-ring (bicyclic) bond motifs is 1. The van der Waals surface area contributed by atoms with Crippen molar-refractivity contribution in [3.05, 3.63) is 83.4 Å². The zero-order valence-corrected chi connectivity index (χ0v) is 17.6. The van der Waals surface area contributed by atoms with Crippen LogP contribution in [0.1, 0.15) is 28.8 Å². The minimum atomic E-state index is -0.782. The van der Waals surface area contributed by atoms with E-state index in [1.807, 2.05) is 35.8 Å². The van der Waals surface area contributed by atoms with E-state index in [2.05, 4.69) is 46.3 Å². The molecule has 1 aliphatic rings. The molecule has 0 spiro atoms. The Hall–Kier alpha value is -3.38. The summed E-state index contributed by atoms with van der Waals surface area (Å²) >= 11 is 1.56. The quantitative estimate of drug-likeness (QED) is 0.452. The first-order chi connectivity index (χ1) is 15.1. The number of aromatic nitrogens is 1. The molecule has 5 rings (SSSR count). The number of carbonyl (C=O) groups is 2. The SMILES string of the molecule is O=C(N[C@H]1C[C@@H](C(=O)O)C1)c1csc2ccn(Cc3ccc(-c4ccccc4)cc3)c12. The van der Waals surface area contributed by atoms with Crippen LogP contribution in [0, 0.1) is 5.92 Å². The first-order valence-electron chi connectivity index (χ1n) is 10.3. The van der Waals surface area contributed by atoms with Crippen molar-refractivity contribution >= 4 is 33.4 Å². The highest BCUT2D eigenvalue weighted by atomic mass is 32.1. The Balaban J connectivity index is 1.33. The van der Waals surface area contributed by atoms with Crippen LogP contribution < -0.4 is 5.32 Å². The Morgan fingerprint density at radius 2 is 1.71 bits per heavy atom. The van der Waals surface area contributed by atoms with Gasteiger partial charge >= 0.3 is 5.97 Å². The summed E-state index contributed by atoms with van der Waals surface area (Å²) in [7, 11) is 0. The summed E-state index contributed by atoms with van der Waals surface area (Å²) < 4.78 is 3.18. The lowest BCUT2D eigenvalue weighted by atomic mass is 9.80. The number of benzene rings is 2. The van der Waals surface area contributed by atoms with E-state index >= 15 is 0 Å². The molecule has 0 bridgehead atoms. The van der Waals surface area contributed by atoms with Crippen molar-refractivity contribution < 1.29 is 14.7 Å². The first-order valence-corrected chi connectivity index (χ1v) is 11.2. The van der Waals surface area contributed by atoms with Crippen LogP contribution in [-0.2, 0) is 11.3 Å². The molecule has 1 fully saturated rings. The zero-order chi connectivity index (χ0) is 21.4. The van der Waals surface area contributed by atoms with Gasteiger partial charge in [0, 0.05) is 24.2 Å². The number of amides is 1. The summed E-state index contributed by atoms with van der Waals surface area (Å²) in [5.74, 6) is -1.24. The molecular weight excluding hydrogens is 408 g/mol. The minimum Gasteiger partial charge on any atom is -0.481 e. The van der Waals surface area contributed by atoms with E-state index in [0.29, 0.717) is 24.9 Å². The number of rotatable bonds is 6. The van der Waals surface area contributed by atoms with Crippen LogP contribution in [0.15, 0.2) is 72.2 Å². The highest BCUT2D eigenvalue weighted by Gasteiger charge is 2.35. The van der Waals surface area contributed by atoms with Crippen LogP contribution >= 0.6 is 11.3 Å². The number of hydrogen-bond donors (Lipinski definition) is 2. The molecule has 2 aromatic heterocycles. The van der Waals surface area contributed by atoms with Crippen molar-refractivity contribution in [2.75, 3.05) is 0 Å². The maximum absolute atomic E-state index is 12.8. The third-order valence-corrected chi connectivity index (χ3v) is 6.90. The van der Waals surface area contributed by atoms with Gasteiger partial charge in [0.1, 0.15) is 0 Å². The molecule has 1 aliphatic carbocycles. The molecule has 5 nitrogen and oxygen atoms in total. The highest BCUT2D eigenvalue weighted by molar-refractivity contribution is 7.17. The third kappa shape index (κ3) is 3.86. The molecule has 0 saturated heterocycles. The van der Waals surface area contributed by atoms with Crippen LogP contribution in [0.2, 0.25) is 0 Å². The molecule has 0 unspecified atom stereocenters. The van der Waals surface area contributed by atoms with E-state index in [-0.39, 0.29) is 17.9 Å². The number of carbonyl (C=O) groups excluding carboxylic acids is 1. The molecule has 156 valence electrons. The monoisotopic (exact) mass is 430 g/mol. The van der Waals surface area contributed by atoms with Crippen molar-refractivity contribution in [3.63, 3.8) is 0 Å². The van der Waals surface area contributed by atoms with Crippen LogP contribution in [0.5, 0.6) is 0 Å². The molecule has 2 aromatic carbocycles. The van der Waals surface area contributed by atoms with Gasteiger partial charge in [0.25, 0.3) is 5.91 Å². The van der Waals surface area contributed by atoms with E-state index in [1.54, 1.807) is 11.3 Å². The van der Waals surface area contributed by atoms with Crippen LogP contribution in [0.25, 0.3) is 21.3 Å². The Morgan fingerprint density at radius 3 is 2.42 bits per heavy atom. The lowest BCUT2D eigenvalue weighted by molar-refractivity contribution is -0.145. The predicted octanol–water partition coefficient (Wildman–Crippen LogP) is 5.01. The van der Waals surface area contributed by atoms with Gasteiger partial charge in [-0.1, -0.05) is 54.6 Å². The molecule has 4 aromatic rings. The minimum absolute atomic E-state index is 0.0579. The van der Waals surface area contributed by atoms with Crippen molar-refractivity contribution in [2.45, 2.75) is 25.4 Å². The fourth-order valence-electron chi connectivity index (χ4n) is 4.14.